The number of hydrogen-bond donors (Lipinski definition) is 1. The van der Waals surface area contributed by atoms with Crippen molar-refractivity contribution in [1.82, 2.24) is 0 Å². The van der Waals surface area contributed by atoms with E-state index in [0.29, 0.717) is 23.7 Å². The number of fused-ring (bicyclic) bond motifs is 5. The molecular formula is C22H34O4. The van der Waals surface area contributed by atoms with Crippen molar-refractivity contribution >= 4 is 12.3 Å². The monoisotopic (exact) mass is 362 g/mol. The van der Waals surface area contributed by atoms with Gasteiger partial charge in [-0.3, -0.25) is 4.79 Å². The van der Waals surface area contributed by atoms with Gasteiger partial charge in [-0.05, 0) is 85.9 Å². The molecule has 0 bridgehead atoms. The van der Waals surface area contributed by atoms with Gasteiger partial charge in [0, 0.05) is 6.92 Å². The molecule has 0 aliphatic heterocycles. The number of aldehydes is 1. The van der Waals surface area contributed by atoms with Crippen LogP contribution in [0.1, 0.15) is 72.1 Å². The van der Waals surface area contributed by atoms with E-state index in [1.165, 1.54) is 26.2 Å². The van der Waals surface area contributed by atoms with Crippen molar-refractivity contribution < 1.29 is 19.4 Å². The Kier molecular flexibility index (Phi) is 4.49. The van der Waals surface area contributed by atoms with Gasteiger partial charge in [0.25, 0.3) is 0 Å². The largest absolute Gasteiger partial charge is 0.462 e. The molecule has 4 saturated carbocycles. The molecule has 4 fully saturated rings. The van der Waals surface area contributed by atoms with Crippen molar-refractivity contribution in [2.24, 2.45) is 40.4 Å². The van der Waals surface area contributed by atoms with Crippen LogP contribution in [-0.2, 0) is 14.3 Å². The highest BCUT2D eigenvalue weighted by atomic mass is 16.5. The summed E-state index contributed by atoms with van der Waals surface area (Å²) in [5.74, 6) is 2.07. The first-order valence-electron chi connectivity index (χ1n) is 10.6. The Labute approximate surface area is 157 Å². The van der Waals surface area contributed by atoms with E-state index in [4.69, 9.17) is 4.74 Å². The molecule has 4 nitrogen and oxygen atoms in total. The fourth-order valence-electron chi connectivity index (χ4n) is 7.79. The average molecular weight is 363 g/mol. The van der Waals surface area contributed by atoms with E-state index in [2.05, 4.69) is 13.8 Å². The number of aliphatic hydroxyl groups is 1. The molecule has 9 atom stereocenters. The Morgan fingerprint density at radius 2 is 1.81 bits per heavy atom. The number of esters is 1. The zero-order valence-electron chi connectivity index (χ0n) is 16.4. The molecule has 1 N–H and O–H groups in total. The van der Waals surface area contributed by atoms with Gasteiger partial charge in [0.1, 0.15) is 12.4 Å². The summed E-state index contributed by atoms with van der Waals surface area (Å²) in [5, 5.41) is 10.6. The van der Waals surface area contributed by atoms with Crippen LogP contribution in [0.5, 0.6) is 0 Å². The van der Waals surface area contributed by atoms with Gasteiger partial charge in [-0.2, -0.15) is 0 Å². The van der Waals surface area contributed by atoms with Gasteiger partial charge in [0.2, 0.25) is 0 Å². The lowest BCUT2D eigenvalue weighted by atomic mass is 9.44. The first kappa shape index (κ1) is 18.5. The lowest BCUT2D eigenvalue weighted by Crippen LogP contribution is -2.56. The highest BCUT2D eigenvalue weighted by molar-refractivity contribution is 5.67. The zero-order chi connectivity index (χ0) is 18.7. The van der Waals surface area contributed by atoms with E-state index in [-0.39, 0.29) is 34.9 Å². The second-order valence-corrected chi connectivity index (χ2v) is 10.2. The highest BCUT2D eigenvalue weighted by Crippen LogP contribution is 2.66. The van der Waals surface area contributed by atoms with Crippen LogP contribution in [-0.4, -0.2) is 29.6 Å². The average Bonchev–Trinajstić information content (AvgIpc) is 2.89. The number of carbonyl (C=O) groups excluding carboxylic acids is 2. The molecule has 4 aliphatic rings. The minimum Gasteiger partial charge on any atom is -0.462 e. The molecule has 0 aromatic heterocycles. The van der Waals surface area contributed by atoms with E-state index in [0.717, 1.165) is 38.4 Å². The summed E-state index contributed by atoms with van der Waals surface area (Å²) in [4.78, 5) is 23.3. The molecule has 0 aromatic rings. The molecule has 4 aliphatic carbocycles. The molecule has 0 heterocycles. The van der Waals surface area contributed by atoms with E-state index < -0.39 is 0 Å². The summed E-state index contributed by atoms with van der Waals surface area (Å²) < 4.78 is 5.52. The molecule has 0 radical (unpaired) electrons. The third-order valence-corrected chi connectivity index (χ3v) is 9.18. The molecular weight excluding hydrogens is 328 g/mol. The topological polar surface area (TPSA) is 63.6 Å². The maximum Gasteiger partial charge on any atom is 0.302 e. The Morgan fingerprint density at radius 3 is 2.50 bits per heavy atom. The number of ether oxygens (including phenoxy) is 1. The van der Waals surface area contributed by atoms with Crippen molar-refractivity contribution in [3.63, 3.8) is 0 Å². The maximum atomic E-state index is 11.8. The van der Waals surface area contributed by atoms with Gasteiger partial charge >= 0.3 is 5.97 Å². The predicted octanol–water partition coefficient (Wildman–Crippen LogP) is 3.75. The molecule has 0 spiro atoms. The Hall–Kier alpha value is -0.900. The van der Waals surface area contributed by atoms with Gasteiger partial charge in [-0.1, -0.05) is 13.8 Å². The molecule has 26 heavy (non-hydrogen) atoms. The van der Waals surface area contributed by atoms with Gasteiger partial charge in [-0.25, -0.2) is 0 Å². The fourth-order valence-corrected chi connectivity index (χ4v) is 7.79. The van der Waals surface area contributed by atoms with Crippen LogP contribution in [0.15, 0.2) is 0 Å². The Balaban J connectivity index is 1.59. The molecule has 146 valence electrons. The van der Waals surface area contributed by atoms with Crippen LogP contribution in [0.3, 0.4) is 0 Å². The van der Waals surface area contributed by atoms with Crippen LogP contribution in [0, 0.1) is 40.4 Å². The number of carbonyl (C=O) groups is 2. The number of aliphatic hydroxyl groups excluding tert-OH is 1. The standard InChI is InChI=1S/C22H34O4/c1-13(24)26-19-10-15-4-5-16-17-6-7-20(25)21(17,2)9-8-18(16)22(15,3)11-14(19)12-23/h12,14-20,25H,4-11H2,1-3H3/t14?,15?,16-,17-,18+,19?,20?,21-,22-/m0/s1. The van der Waals surface area contributed by atoms with Crippen LogP contribution >= 0.6 is 0 Å². The second kappa shape index (κ2) is 6.32. The predicted molar refractivity (Wildman–Crippen MR) is 98.2 cm³/mol. The van der Waals surface area contributed by atoms with Crippen LogP contribution in [0.4, 0.5) is 0 Å². The summed E-state index contributed by atoms with van der Waals surface area (Å²) >= 11 is 0. The number of hydrogen-bond acceptors (Lipinski definition) is 4. The molecule has 4 rings (SSSR count). The second-order valence-electron chi connectivity index (χ2n) is 10.2. The lowest BCUT2D eigenvalue weighted by molar-refractivity contribution is -0.171. The Morgan fingerprint density at radius 1 is 1.08 bits per heavy atom. The summed E-state index contributed by atoms with van der Waals surface area (Å²) in [5.41, 5.74) is 0.267. The van der Waals surface area contributed by atoms with Crippen molar-refractivity contribution in [2.45, 2.75) is 84.3 Å². The van der Waals surface area contributed by atoms with Crippen molar-refractivity contribution in [3.05, 3.63) is 0 Å². The number of rotatable bonds is 2. The Bertz CT molecular complexity index is 589. The molecule has 0 amide bonds. The van der Waals surface area contributed by atoms with Crippen LogP contribution < -0.4 is 0 Å². The van der Waals surface area contributed by atoms with E-state index in [9.17, 15) is 14.7 Å². The van der Waals surface area contributed by atoms with Crippen molar-refractivity contribution in [2.75, 3.05) is 0 Å². The molecule has 0 aromatic carbocycles. The van der Waals surface area contributed by atoms with E-state index >= 15 is 0 Å². The highest BCUT2D eigenvalue weighted by Gasteiger charge is 2.61. The molecule has 0 saturated heterocycles. The molecule has 4 heteroatoms. The van der Waals surface area contributed by atoms with Crippen LogP contribution in [0.2, 0.25) is 0 Å². The van der Waals surface area contributed by atoms with E-state index in [1.807, 2.05) is 0 Å². The quantitative estimate of drug-likeness (QED) is 0.600. The smallest absolute Gasteiger partial charge is 0.302 e. The maximum absolute atomic E-state index is 11.8. The SMILES string of the molecule is CC(=O)OC1CC2CC[C@@H]3[C@@H](CC[C@]4(C)C(O)CC[C@@H]34)[C@@]2(C)CC1C=O. The minimum atomic E-state index is -0.271. The summed E-state index contributed by atoms with van der Waals surface area (Å²) in [7, 11) is 0. The van der Waals surface area contributed by atoms with Gasteiger partial charge in [-0.15, -0.1) is 0 Å². The van der Waals surface area contributed by atoms with Crippen molar-refractivity contribution in [1.29, 1.82) is 0 Å². The first-order chi connectivity index (χ1) is 12.3. The lowest BCUT2D eigenvalue weighted by Gasteiger charge is -2.61. The van der Waals surface area contributed by atoms with Crippen molar-refractivity contribution in [3.8, 4) is 0 Å². The third kappa shape index (κ3) is 2.58. The van der Waals surface area contributed by atoms with Gasteiger partial charge < -0.3 is 14.6 Å². The first-order valence-corrected chi connectivity index (χ1v) is 10.6. The third-order valence-electron chi connectivity index (χ3n) is 9.18. The fraction of sp³-hybridized carbons (Fsp3) is 0.909. The summed E-state index contributed by atoms with van der Waals surface area (Å²) in [6.07, 6.45) is 9.16. The van der Waals surface area contributed by atoms with Crippen LogP contribution in [0.25, 0.3) is 0 Å². The van der Waals surface area contributed by atoms with Gasteiger partial charge in [0.15, 0.2) is 0 Å². The summed E-state index contributed by atoms with van der Waals surface area (Å²) in [6, 6.07) is 0. The van der Waals surface area contributed by atoms with Gasteiger partial charge in [0.05, 0.1) is 12.0 Å². The normalized spacial score (nSPS) is 53.2. The molecule has 4 unspecified atom stereocenters. The minimum absolute atomic E-state index is 0.101. The summed E-state index contributed by atoms with van der Waals surface area (Å²) in [6.45, 7) is 6.16. The van der Waals surface area contributed by atoms with E-state index in [1.54, 1.807) is 0 Å². The zero-order valence-corrected chi connectivity index (χ0v) is 16.4.